The molecule has 114 valence electrons. The lowest BCUT2D eigenvalue weighted by molar-refractivity contribution is 0.586. The van der Waals surface area contributed by atoms with Crippen LogP contribution in [0.2, 0.25) is 0 Å². The van der Waals surface area contributed by atoms with E-state index in [-0.39, 0.29) is 4.90 Å². The molecule has 1 aromatic heterocycles. The first-order chi connectivity index (χ1) is 9.88. The molecule has 0 saturated heterocycles. The van der Waals surface area contributed by atoms with Crippen LogP contribution in [0.1, 0.15) is 19.4 Å². The Kier molecular flexibility index (Phi) is 5.43. The van der Waals surface area contributed by atoms with Gasteiger partial charge in [0.1, 0.15) is 4.90 Å². The summed E-state index contributed by atoms with van der Waals surface area (Å²) < 4.78 is 28.0. The number of benzene rings is 1. The standard InChI is InChI=1S/C14H17BrN2O2S2/c1-10(2)16-8-11-3-4-13(15)14(7-11)21(18,19)17-12-5-6-20-9-12/h3-7,9-10,16-17H,8H2,1-2H3. The smallest absolute Gasteiger partial charge is 0.263 e. The predicted octanol–water partition coefficient (Wildman–Crippen LogP) is 3.81. The van der Waals surface area contributed by atoms with E-state index in [4.69, 9.17) is 0 Å². The highest BCUT2D eigenvalue weighted by Gasteiger charge is 2.18. The zero-order chi connectivity index (χ0) is 15.5. The Balaban J connectivity index is 2.27. The predicted molar refractivity (Wildman–Crippen MR) is 91.2 cm³/mol. The lowest BCUT2D eigenvalue weighted by Gasteiger charge is -2.12. The molecule has 0 unspecified atom stereocenters. The highest BCUT2D eigenvalue weighted by Crippen LogP contribution is 2.26. The second-order valence-electron chi connectivity index (χ2n) is 4.92. The summed E-state index contributed by atoms with van der Waals surface area (Å²) >= 11 is 4.76. The molecule has 0 aliphatic carbocycles. The summed E-state index contributed by atoms with van der Waals surface area (Å²) in [5.74, 6) is 0. The zero-order valence-corrected chi connectivity index (χ0v) is 15.0. The van der Waals surface area contributed by atoms with E-state index >= 15 is 0 Å². The van der Waals surface area contributed by atoms with Gasteiger partial charge in [-0.15, -0.1) is 0 Å². The van der Waals surface area contributed by atoms with Gasteiger partial charge in [-0.05, 0) is 45.1 Å². The molecule has 0 fully saturated rings. The average Bonchev–Trinajstić information content (AvgIpc) is 2.89. The Hall–Kier alpha value is -0.890. The van der Waals surface area contributed by atoms with Gasteiger partial charge >= 0.3 is 0 Å². The first-order valence-corrected chi connectivity index (χ1v) is 9.67. The van der Waals surface area contributed by atoms with Crippen LogP contribution in [0.3, 0.4) is 0 Å². The van der Waals surface area contributed by atoms with E-state index in [9.17, 15) is 8.42 Å². The Labute approximate surface area is 137 Å². The monoisotopic (exact) mass is 388 g/mol. The van der Waals surface area contributed by atoms with Crippen LogP contribution in [0, 0.1) is 0 Å². The lowest BCUT2D eigenvalue weighted by atomic mass is 10.2. The molecular weight excluding hydrogens is 372 g/mol. The van der Waals surface area contributed by atoms with Gasteiger partial charge in [0.15, 0.2) is 0 Å². The SMILES string of the molecule is CC(C)NCc1ccc(Br)c(S(=O)(=O)Nc2ccsc2)c1. The van der Waals surface area contributed by atoms with Crippen LogP contribution < -0.4 is 10.0 Å². The van der Waals surface area contributed by atoms with E-state index in [0.29, 0.717) is 22.7 Å². The molecule has 0 aliphatic rings. The van der Waals surface area contributed by atoms with E-state index in [1.165, 1.54) is 11.3 Å². The van der Waals surface area contributed by atoms with Crippen molar-refractivity contribution in [2.75, 3.05) is 4.72 Å². The summed E-state index contributed by atoms with van der Waals surface area (Å²) in [7, 11) is -3.59. The van der Waals surface area contributed by atoms with E-state index in [2.05, 4.69) is 39.8 Å². The number of thiophene rings is 1. The van der Waals surface area contributed by atoms with Crippen molar-refractivity contribution in [1.29, 1.82) is 0 Å². The minimum Gasteiger partial charge on any atom is -0.310 e. The van der Waals surface area contributed by atoms with E-state index in [0.717, 1.165) is 5.56 Å². The molecule has 0 radical (unpaired) electrons. The van der Waals surface area contributed by atoms with Crippen molar-refractivity contribution in [3.63, 3.8) is 0 Å². The van der Waals surface area contributed by atoms with Crippen molar-refractivity contribution >= 4 is 43.0 Å². The van der Waals surface area contributed by atoms with Crippen LogP contribution >= 0.6 is 27.3 Å². The average molecular weight is 389 g/mol. The van der Waals surface area contributed by atoms with Gasteiger partial charge in [-0.1, -0.05) is 19.9 Å². The van der Waals surface area contributed by atoms with Crippen molar-refractivity contribution in [2.24, 2.45) is 0 Å². The third-order valence-corrected chi connectivity index (χ3v) is 5.83. The molecular formula is C14H17BrN2O2S2. The van der Waals surface area contributed by atoms with Crippen LogP contribution in [-0.4, -0.2) is 14.5 Å². The van der Waals surface area contributed by atoms with Crippen LogP contribution in [-0.2, 0) is 16.6 Å². The minimum absolute atomic E-state index is 0.247. The Morgan fingerprint density at radius 2 is 2.05 bits per heavy atom. The second-order valence-corrected chi connectivity index (χ2v) is 8.20. The van der Waals surface area contributed by atoms with Gasteiger partial charge in [0, 0.05) is 22.4 Å². The lowest BCUT2D eigenvalue weighted by Crippen LogP contribution is -2.22. The van der Waals surface area contributed by atoms with Gasteiger partial charge in [0.2, 0.25) is 0 Å². The number of rotatable bonds is 6. The molecule has 2 rings (SSSR count). The third-order valence-electron chi connectivity index (χ3n) is 2.77. The highest BCUT2D eigenvalue weighted by atomic mass is 79.9. The molecule has 4 nitrogen and oxygen atoms in total. The molecule has 2 aromatic rings. The molecule has 0 aliphatic heterocycles. The van der Waals surface area contributed by atoms with Crippen LogP contribution in [0.15, 0.2) is 44.4 Å². The first-order valence-electron chi connectivity index (χ1n) is 6.45. The van der Waals surface area contributed by atoms with Crippen LogP contribution in [0.5, 0.6) is 0 Å². The Morgan fingerprint density at radius 1 is 1.29 bits per heavy atom. The molecule has 0 spiro atoms. The van der Waals surface area contributed by atoms with Gasteiger partial charge in [0.05, 0.1) is 5.69 Å². The first kappa shape index (κ1) is 16.5. The van der Waals surface area contributed by atoms with Gasteiger partial charge in [-0.25, -0.2) is 8.42 Å². The molecule has 0 saturated carbocycles. The number of hydrogen-bond donors (Lipinski definition) is 2. The van der Waals surface area contributed by atoms with Crippen LogP contribution in [0.25, 0.3) is 0 Å². The maximum Gasteiger partial charge on any atom is 0.263 e. The van der Waals surface area contributed by atoms with Crippen LogP contribution in [0.4, 0.5) is 5.69 Å². The van der Waals surface area contributed by atoms with Crippen molar-refractivity contribution in [3.05, 3.63) is 45.1 Å². The second kappa shape index (κ2) is 6.91. The fourth-order valence-corrected chi connectivity index (χ4v) is 4.45. The summed E-state index contributed by atoms with van der Waals surface area (Å²) in [6, 6.07) is 7.44. The van der Waals surface area contributed by atoms with Gasteiger partial charge in [-0.2, -0.15) is 11.3 Å². The topological polar surface area (TPSA) is 58.2 Å². The van der Waals surface area contributed by atoms with Crippen molar-refractivity contribution in [2.45, 2.75) is 31.3 Å². The summed E-state index contributed by atoms with van der Waals surface area (Å²) in [4.78, 5) is 0.247. The minimum atomic E-state index is -3.59. The zero-order valence-electron chi connectivity index (χ0n) is 11.8. The van der Waals surface area contributed by atoms with E-state index in [1.54, 1.807) is 23.6 Å². The molecule has 21 heavy (non-hydrogen) atoms. The van der Waals surface area contributed by atoms with Gasteiger partial charge in [-0.3, -0.25) is 4.72 Å². The summed E-state index contributed by atoms with van der Waals surface area (Å²) in [5.41, 5.74) is 1.51. The largest absolute Gasteiger partial charge is 0.310 e. The fraction of sp³-hybridized carbons (Fsp3) is 0.286. The Bertz CT molecular complexity index is 698. The fourth-order valence-electron chi connectivity index (χ4n) is 1.72. The van der Waals surface area contributed by atoms with Gasteiger partial charge < -0.3 is 5.32 Å². The van der Waals surface area contributed by atoms with Crippen molar-refractivity contribution < 1.29 is 8.42 Å². The number of halogens is 1. The maximum atomic E-state index is 12.5. The molecule has 1 aromatic carbocycles. The molecule has 0 amide bonds. The maximum absolute atomic E-state index is 12.5. The molecule has 7 heteroatoms. The summed E-state index contributed by atoms with van der Waals surface area (Å²) in [6.45, 7) is 4.73. The molecule has 2 N–H and O–H groups in total. The highest BCUT2D eigenvalue weighted by molar-refractivity contribution is 9.10. The van der Waals surface area contributed by atoms with Gasteiger partial charge in [0.25, 0.3) is 10.0 Å². The molecule has 1 heterocycles. The summed E-state index contributed by atoms with van der Waals surface area (Å²) in [5, 5.41) is 6.87. The number of anilines is 1. The molecule has 0 atom stereocenters. The molecule has 0 bridgehead atoms. The quantitative estimate of drug-likeness (QED) is 0.790. The number of sulfonamides is 1. The third kappa shape index (κ3) is 4.54. The van der Waals surface area contributed by atoms with Crippen molar-refractivity contribution in [3.8, 4) is 0 Å². The van der Waals surface area contributed by atoms with E-state index in [1.807, 2.05) is 11.4 Å². The summed E-state index contributed by atoms with van der Waals surface area (Å²) in [6.07, 6.45) is 0. The normalized spacial score (nSPS) is 11.8. The van der Waals surface area contributed by atoms with Crippen molar-refractivity contribution in [1.82, 2.24) is 5.32 Å². The number of hydrogen-bond acceptors (Lipinski definition) is 4. The number of nitrogens with one attached hydrogen (secondary N) is 2. The van der Waals surface area contributed by atoms with E-state index < -0.39 is 10.0 Å². The Morgan fingerprint density at radius 3 is 2.67 bits per heavy atom.